The van der Waals surface area contributed by atoms with Crippen molar-refractivity contribution in [1.82, 2.24) is 4.98 Å². The second-order valence-electron chi connectivity index (χ2n) is 5.24. The van der Waals surface area contributed by atoms with Gasteiger partial charge in [-0.25, -0.2) is 19.6 Å². The summed E-state index contributed by atoms with van der Waals surface area (Å²) in [5.74, 6) is 4.50. The Kier molecular flexibility index (Phi) is 2.94. The molecule has 0 aliphatic rings. The second-order valence-corrected chi connectivity index (χ2v) is 5.24. The molecule has 0 aliphatic carbocycles. The fourth-order valence-electron chi connectivity index (χ4n) is 1.89. The molecule has 0 spiro atoms. The van der Waals surface area contributed by atoms with Crippen LogP contribution in [0.3, 0.4) is 0 Å². The number of benzene rings is 1. The van der Waals surface area contributed by atoms with Gasteiger partial charge in [-0.15, -0.1) is 0 Å². The first-order valence-corrected chi connectivity index (χ1v) is 5.60. The molecule has 3 N–H and O–H groups in total. The normalized spacial score (nSPS) is 11.9. The molecule has 0 saturated carbocycles. The third-order valence-corrected chi connectivity index (χ3v) is 2.78. The van der Waals surface area contributed by atoms with Crippen LogP contribution in [-0.4, -0.2) is 4.98 Å². The number of rotatable bonds is 1. The molecular weight excluding hydrogens is 236 g/mol. The summed E-state index contributed by atoms with van der Waals surface area (Å²) in [5.41, 5.74) is 3.15. The zero-order valence-corrected chi connectivity index (χ0v) is 10.5. The monoisotopic (exact) mass is 251 g/mol. The van der Waals surface area contributed by atoms with Crippen LogP contribution in [0.1, 0.15) is 26.3 Å². The minimum Gasteiger partial charge on any atom is -0.308 e. The lowest BCUT2D eigenvalue weighted by Crippen LogP contribution is -2.19. The molecule has 0 atom stereocenters. The van der Waals surface area contributed by atoms with Crippen LogP contribution < -0.4 is 11.3 Å². The third-order valence-electron chi connectivity index (χ3n) is 2.78. The summed E-state index contributed by atoms with van der Waals surface area (Å²) >= 11 is 0. The number of pyridine rings is 1. The summed E-state index contributed by atoms with van der Waals surface area (Å²) < 4.78 is 26.8. The zero-order valence-electron chi connectivity index (χ0n) is 10.5. The molecule has 0 unspecified atom stereocenters. The number of hydrazine groups is 1. The molecular formula is C13H15F2N3. The Labute approximate surface area is 104 Å². The highest BCUT2D eigenvalue weighted by molar-refractivity contribution is 5.82. The maximum atomic E-state index is 13.6. The van der Waals surface area contributed by atoms with Crippen LogP contribution in [0.4, 0.5) is 14.6 Å². The number of halogens is 2. The number of aromatic nitrogens is 1. The first-order chi connectivity index (χ1) is 8.32. The van der Waals surface area contributed by atoms with E-state index >= 15 is 0 Å². The fourth-order valence-corrected chi connectivity index (χ4v) is 1.89. The van der Waals surface area contributed by atoms with Crippen molar-refractivity contribution in [3.63, 3.8) is 0 Å². The van der Waals surface area contributed by atoms with Gasteiger partial charge in [0, 0.05) is 17.0 Å². The number of nitrogens with two attached hydrogens (primary N) is 1. The molecule has 0 amide bonds. The van der Waals surface area contributed by atoms with E-state index in [-0.39, 0.29) is 10.9 Å². The van der Waals surface area contributed by atoms with Crippen molar-refractivity contribution in [3.8, 4) is 0 Å². The predicted octanol–water partition coefficient (Wildman–Crippen LogP) is 3.10. The second kappa shape index (κ2) is 4.17. The van der Waals surface area contributed by atoms with Crippen molar-refractivity contribution in [2.24, 2.45) is 5.84 Å². The van der Waals surface area contributed by atoms with Crippen LogP contribution in [0.25, 0.3) is 10.9 Å². The molecule has 1 aromatic heterocycles. The van der Waals surface area contributed by atoms with Gasteiger partial charge in [0.15, 0.2) is 5.82 Å². The molecule has 3 nitrogen and oxygen atoms in total. The predicted molar refractivity (Wildman–Crippen MR) is 68.2 cm³/mol. The molecule has 0 radical (unpaired) electrons. The van der Waals surface area contributed by atoms with Crippen LogP contribution in [0.5, 0.6) is 0 Å². The van der Waals surface area contributed by atoms with Crippen LogP contribution in [0, 0.1) is 11.6 Å². The molecule has 2 aromatic rings. The molecule has 0 fully saturated rings. The summed E-state index contributed by atoms with van der Waals surface area (Å²) in [6.07, 6.45) is 0. The average Bonchev–Trinajstić information content (AvgIpc) is 2.26. The van der Waals surface area contributed by atoms with Gasteiger partial charge in [-0.2, -0.15) is 0 Å². The Morgan fingerprint density at radius 3 is 2.39 bits per heavy atom. The van der Waals surface area contributed by atoms with Crippen LogP contribution in [0.15, 0.2) is 18.2 Å². The highest BCUT2D eigenvalue weighted by atomic mass is 19.1. The van der Waals surface area contributed by atoms with E-state index in [9.17, 15) is 8.78 Å². The van der Waals surface area contributed by atoms with Gasteiger partial charge in [-0.1, -0.05) is 20.8 Å². The van der Waals surface area contributed by atoms with E-state index in [4.69, 9.17) is 5.84 Å². The highest BCUT2D eigenvalue weighted by Gasteiger charge is 2.20. The Balaban J connectivity index is 2.81. The topological polar surface area (TPSA) is 50.9 Å². The third kappa shape index (κ3) is 2.13. The number of anilines is 1. The van der Waals surface area contributed by atoms with E-state index in [1.165, 1.54) is 6.07 Å². The summed E-state index contributed by atoms with van der Waals surface area (Å²) in [6, 6.07) is 3.79. The summed E-state index contributed by atoms with van der Waals surface area (Å²) in [7, 11) is 0. The van der Waals surface area contributed by atoms with E-state index in [0.29, 0.717) is 11.2 Å². The van der Waals surface area contributed by atoms with E-state index in [1.807, 2.05) is 20.8 Å². The van der Waals surface area contributed by atoms with Crippen molar-refractivity contribution in [3.05, 3.63) is 35.4 Å². The van der Waals surface area contributed by atoms with E-state index in [0.717, 1.165) is 11.6 Å². The zero-order chi connectivity index (χ0) is 13.5. The summed E-state index contributed by atoms with van der Waals surface area (Å²) in [6.45, 7) is 5.94. The van der Waals surface area contributed by atoms with Crippen molar-refractivity contribution in [2.75, 3.05) is 5.43 Å². The SMILES string of the molecule is CC(C)(C)c1cc2cc(F)cc(F)c2nc1NN. The van der Waals surface area contributed by atoms with E-state index in [2.05, 4.69) is 10.4 Å². The van der Waals surface area contributed by atoms with Crippen molar-refractivity contribution in [2.45, 2.75) is 26.2 Å². The number of nitrogens with zero attached hydrogens (tertiary/aromatic N) is 1. The van der Waals surface area contributed by atoms with Crippen LogP contribution in [0.2, 0.25) is 0 Å². The Morgan fingerprint density at radius 1 is 1.17 bits per heavy atom. The number of hydrogen-bond donors (Lipinski definition) is 2. The smallest absolute Gasteiger partial charge is 0.152 e. The lowest BCUT2D eigenvalue weighted by Gasteiger charge is -2.22. The number of nitrogens with one attached hydrogen (secondary N) is 1. The molecule has 96 valence electrons. The Hall–Kier alpha value is -1.75. The molecule has 1 aromatic carbocycles. The number of nitrogen functional groups attached to an aromatic ring is 1. The van der Waals surface area contributed by atoms with Crippen LogP contribution in [-0.2, 0) is 5.41 Å². The molecule has 18 heavy (non-hydrogen) atoms. The molecule has 5 heteroatoms. The van der Waals surface area contributed by atoms with Gasteiger partial charge in [0.25, 0.3) is 0 Å². The molecule has 1 heterocycles. The van der Waals surface area contributed by atoms with Gasteiger partial charge in [-0.05, 0) is 17.5 Å². The van der Waals surface area contributed by atoms with E-state index in [1.54, 1.807) is 6.07 Å². The first-order valence-electron chi connectivity index (χ1n) is 5.60. The standard InChI is InChI=1S/C13H15F2N3/c1-13(2,3)9-5-7-4-8(14)6-10(15)11(7)17-12(9)18-16/h4-6H,16H2,1-3H3,(H,17,18). The molecule has 0 aliphatic heterocycles. The summed E-state index contributed by atoms with van der Waals surface area (Å²) in [4.78, 5) is 4.12. The molecule has 2 rings (SSSR count). The van der Waals surface area contributed by atoms with Gasteiger partial charge >= 0.3 is 0 Å². The average molecular weight is 251 g/mol. The van der Waals surface area contributed by atoms with Gasteiger partial charge in [-0.3, -0.25) is 0 Å². The minimum absolute atomic E-state index is 0.109. The van der Waals surface area contributed by atoms with Crippen molar-refractivity contribution in [1.29, 1.82) is 0 Å². The summed E-state index contributed by atoms with van der Waals surface area (Å²) in [5, 5.41) is 0.427. The minimum atomic E-state index is -0.693. The Morgan fingerprint density at radius 2 is 1.83 bits per heavy atom. The lowest BCUT2D eigenvalue weighted by atomic mass is 9.86. The number of fused-ring (bicyclic) bond motifs is 1. The number of hydrogen-bond acceptors (Lipinski definition) is 3. The van der Waals surface area contributed by atoms with Crippen molar-refractivity contribution < 1.29 is 8.78 Å². The van der Waals surface area contributed by atoms with Crippen LogP contribution >= 0.6 is 0 Å². The van der Waals surface area contributed by atoms with Gasteiger partial charge < -0.3 is 5.43 Å². The molecule has 0 saturated heterocycles. The van der Waals surface area contributed by atoms with E-state index < -0.39 is 11.6 Å². The van der Waals surface area contributed by atoms with Gasteiger partial charge in [0.05, 0.1) is 0 Å². The van der Waals surface area contributed by atoms with Gasteiger partial charge in [0.1, 0.15) is 17.2 Å². The Bertz CT molecular complexity index is 603. The maximum Gasteiger partial charge on any atom is 0.152 e. The lowest BCUT2D eigenvalue weighted by molar-refractivity contribution is 0.583. The largest absolute Gasteiger partial charge is 0.308 e. The maximum absolute atomic E-state index is 13.6. The highest BCUT2D eigenvalue weighted by Crippen LogP contribution is 2.31. The van der Waals surface area contributed by atoms with Crippen molar-refractivity contribution >= 4 is 16.7 Å². The van der Waals surface area contributed by atoms with Gasteiger partial charge in [0.2, 0.25) is 0 Å². The molecule has 0 bridgehead atoms. The fraction of sp³-hybridized carbons (Fsp3) is 0.308. The first kappa shape index (κ1) is 12.7. The quantitative estimate of drug-likeness (QED) is 0.605.